The van der Waals surface area contributed by atoms with Crippen molar-refractivity contribution >= 4 is 40.4 Å². The quantitative estimate of drug-likeness (QED) is 0.294. The number of unbranched alkanes of at least 4 members (excludes halogenated alkanes) is 1. The third kappa shape index (κ3) is 8.07. The van der Waals surface area contributed by atoms with E-state index in [1.165, 1.54) is 18.4 Å². The Morgan fingerprint density at radius 2 is 1.76 bits per heavy atom. The van der Waals surface area contributed by atoms with Crippen molar-refractivity contribution in [3.05, 3.63) is 74.7 Å². The van der Waals surface area contributed by atoms with Gasteiger partial charge in [0.1, 0.15) is 5.01 Å². The predicted molar refractivity (Wildman–Crippen MR) is 143 cm³/mol. The normalized spacial score (nSPS) is 11.2. The summed E-state index contributed by atoms with van der Waals surface area (Å²) in [5, 5.41) is 7.44. The molecule has 0 spiro atoms. The molecule has 0 saturated carbocycles. The molecule has 1 aromatic heterocycles. The number of nitrogens with zero attached hydrogens (tertiary/aromatic N) is 3. The van der Waals surface area contributed by atoms with Crippen LogP contribution in [0, 0.1) is 0 Å². The number of hydrogen-bond donors (Lipinski definition) is 1. The van der Waals surface area contributed by atoms with Gasteiger partial charge < -0.3 is 15.1 Å². The van der Waals surface area contributed by atoms with Gasteiger partial charge in [-0.15, -0.1) is 11.3 Å². The first-order chi connectivity index (χ1) is 16.4. The molecule has 0 fully saturated rings. The number of carbonyl (C=O) groups is 1. The highest BCUT2D eigenvalue weighted by atomic mass is 35.5. The molecule has 34 heavy (non-hydrogen) atoms. The van der Waals surface area contributed by atoms with Crippen LogP contribution >= 0.6 is 34.5 Å². The highest BCUT2D eigenvalue weighted by Crippen LogP contribution is 2.26. The van der Waals surface area contributed by atoms with Crippen LogP contribution in [0.1, 0.15) is 36.6 Å². The van der Waals surface area contributed by atoms with Crippen LogP contribution in [0.5, 0.6) is 0 Å². The molecule has 3 aromatic rings. The minimum Gasteiger partial charge on any atom is -0.331 e. The maximum Gasteiger partial charge on any atom is 0.237 e. The molecular formula is C26H32Cl2N4OS. The predicted octanol–water partition coefficient (Wildman–Crippen LogP) is 6.10. The molecule has 0 bridgehead atoms. The second-order valence-electron chi connectivity index (χ2n) is 8.61. The summed E-state index contributed by atoms with van der Waals surface area (Å²) in [4.78, 5) is 21.4. The van der Waals surface area contributed by atoms with E-state index in [9.17, 15) is 4.79 Å². The summed E-state index contributed by atoms with van der Waals surface area (Å²) in [6.45, 7) is 5.31. The van der Waals surface area contributed by atoms with E-state index in [0.29, 0.717) is 29.7 Å². The summed E-state index contributed by atoms with van der Waals surface area (Å²) in [7, 11) is 3.78. The maximum atomic E-state index is 13.0. The number of carbonyl (C=O) groups excluding carboxylic acids is 1. The molecule has 0 saturated heterocycles. The number of aromatic nitrogens is 1. The highest BCUT2D eigenvalue weighted by Gasteiger charge is 2.18. The first-order valence-electron chi connectivity index (χ1n) is 11.5. The van der Waals surface area contributed by atoms with E-state index in [4.69, 9.17) is 28.2 Å². The summed E-state index contributed by atoms with van der Waals surface area (Å²) in [5.74, 6) is 0.0329. The van der Waals surface area contributed by atoms with Gasteiger partial charge in [-0.25, -0.2) is 4.98 Å². The number of benzene rings is 2. The SMILES string of the molecule is CCCCNCc1ccc(-c2nc(CN(Cc3ccc(Cl)c(Cl)c3)C(=O)CN(C)C)cs2)cc1. The summed E-state index contributed by atoms with van der Waals surface area (Å²) >= 11 is 13.8. The Balaban J connectivity index is 1.69. The van der Waals surface area contributed by atoms with Gasteiger partial charge in [0.25, 0.3) is 0 Å². The Bertz CT molecular complexity index is 1070. The number of likely N-dealkylation sites (N-methyl/N-ethyl adjacent to an activating group) is 1. The topological polar surface area (TPSA) is 48.5 Å². The minimum absolute atomic E-state index is 0.0329. The Morgan fingerprint density at radius 3 is 2.44 bits per heavy atom. The van der Waals surface area contributed by atoms with Gasteiger partial charge in [0.15, 0.2) is 0 Å². The monoisotopic (exact) mass is 518 g/mol. The Morgan fingerprint density at radius 1 is 1.03 bits per heavy atom. The molecule has 0 radical (unpaired) electrons. The van der Waals surface area contributed by atoms with Gasteiger partial charge in [-0.2, -0.15) is 0 Å². The minimum atomic E-state index is 0.0329. The molecule has 8 heteroatoms. The summed E-state index contributed by atoms with van der Waals surface area (Å²) in [6, 6.07) is 14.0. The van der Waals surface area contributed by atoms with E-state index >= 15 is 0 Å². The van der Waals surface area contributed by atoms with Gasteiger partial charge in [-0.1, -0.05) is 66.9 Å². The van der Waals surface area contributed by atoms with Gasteiger partial charge in [0, 0.05) is 24.0 Å². The van der Waals surface area contributed by atoms with Crippen LogP contribution in [0.4, 0.5) is 0 Å². The lowest BCUT2D eigenvalue weighted by molar-refractivity contribution is -0.133. The van der Waals surface area contributed by atoms with Crippen LogP contribution in [0.3, 0.4) is 0 Å². The summed E-state index contributed by atoms with van der Waals surface area (Å²) < 4.78 is 0. The Labute approximate surface area is 216 Å². The Kier molecular flexibility index (Phi) is 10.4. The molecule has 0 aliphatic heterocycles. The maximum absolute atomic E-state index is 13.0. The fourth-order valence-corrected chi connectivity index (χ4v) is 4.61. The average molecular weight is 520 g/mol. The van der Waals surface area contributed by atoms with Crippen LogP contribution in [0.25, 0.3) is 10.6 Å². The van der Waals surface area contributed by atoms with E-state index in [0.717, 1.165) is 34.9 Å². The fraction of sp³-hybridized carbons (Fsp3) is 0.385. The molecule has 0 unspecified atom stereocenters. The van der Waals surface area contributed by atoms with Crippen LogP contribution < -0.4 is 5.32 Å². The zero-order valence-corrected chi connectivity index (χ0v) is 22.3. The molecule has 182 valence electrons. The highest BCUT2D eigenvalue weighted by molar-refractivity contribution is 7.13. The molecule has 3 rings (SSSR count). The van der Waals surface area contributed by atoms with Crippen LogP contribution in [-0.4, -0.2) is 47.9 Å². The molecule has 0 aliphatic rings. The fourth-order valence-electron chi connectivity index (χ4n) is 3.47. The molecule has 5 nitrogen and oxygen atoms in total. The van der Waals surface area contributed by atoms with Crippen molar-refractivity contribution in [2.24, 2.45) is 0 Å². The van der Waals surface area contributed by atoms with Crippen molar-refractivity contribution in [2.45, 2.75) is 39.4 Å². The molecule has 1 N–H and O–H groups in total. The van der Waals surface area contributed by atoms with Gasteiger partial charge in [-0.05, 0) is 50.3 Å². The second kappa shape index (κ2) is 13.2. The van der Waals surface area contributed by atoms with Gasteiger partial charge >= 0.3 is 0 Å². The molecule has 1 amide bonds. The number of thiazole rings is 1. The van der Waals surface area contributed by atoms with Crippen molar-refractivity contribution < 1.29 is 4.79 Å². The smallest absolute Gasteiger partial charge is 0.237 e. The van der Waals surface area contributed by atoms with E-state index in [2.05, 4.69) is 36.5 Å². The zero-order chi connectivity index (χ0) is 24.5. The molecule has 1 heterocycles. The molecule has 2 aromatic carbocycles. The standard InChI is InChI=1S/C26H32Cl2N4OS/c1-4-5-12-29-14-19-6-9-21(10-7-19)26-30-22(18-34-26)16-32(25(33)17-31(2)3)15-20-8-11-23(27)24(28)13-20/h6-11,13,18,29H,4-5,12,14-17H2,1-3H3. The summed E-state index contributed by atoms with van der Waals surface area (Å²) in [5.41, 5.74) is 4.15. The lowest BCUT2D eigenvalue weighted by Crippen LogP contribution is -2.37. The largest absolute Gasteiger partial charge is 0.331 e. The van der Waals surface area contributed by atoms with Crippen molar-refractivity contribution in [2.75, 3.05) is 27.2 Å². The molecule has 0 atom stereocenters. The Hall–Kier alpha value is -1.96. The average Bonchev–Trinajstić information content (AvgIpc) is 3.27. The van der Waals surface area contributed by atoms with Crippen LogP contribution in [-0.2, 0) is 24.4 Å². The third-order valence-electron chi connectivity index (χ3n) is 5.30. The van der Waals surface area contributed by atoms with Gasteiger partial charge in [-0.3, -0.25) is 4.79 Å². The van der Waals surface area contributed by atoms with Crippen molar-refractivity contribution in [1.82, 2.24) is 20.1 Å². The third-order valence-corrected chi connectivity index (χ3v) is 6.98. The van der Waals surface area contributed by atoms with E-state index < -0.39 is 0 Å². The van der Waals surface area contributed by atoms with E-state index in [1.54, 1.807) is 17.4 Å². The first-order valence-corrected chi connectivity index (χ1v) is 13.1. The van der Waals surface area contributed by atoms with E-state index in [-0.39, 0.29) is 5.91 Å². The second-order valence-corrected chi connectivity index (χ2v) is 10.3. The van der Waals surface area contributed by atoms with Gasteiger partial charge in [0.05, 0.1) is 28.8 Å². The van der Waals surface area contributed by atoms with Gasteiger partial charge in [0.2, 0.25) is 5.91 Å². The van der Waals surface area contributed by atoms with Crippen LogP contribution in [0.15, 0.2) is 47.8 Å². The number of hydrogen-bond acceptors (Lipinski definition) is 5. The van der Waals surface area contributed by atoms with E-state index in [1.807, 2.05) is 41.4 Å². The lowest BCUT2D eigenvalue weighted by atomic mass is 10.1. The van der Waals surface area contributed by atoms with Crippen molar-refractivity contribution in [1.29, 1.82) is 0 Å². The lowest BCUT2D eigenvalue weighted by Gasteiger charge is -2.24. The molecular weight excluding hydrogens is 487 g/mol. The summed E-state index contributed by atoms with van der Waals surface area (Å²) in [6.07, 6.45) is 2.39. The molecule has 0 aliphatic carbocycles. The number of halogens is 2. The number of rotatable bonds is 12. The number of nitrogens with one attached hydrogen (secondary N) is 1. The first kappa shape index (κ1) is 26.6. The van der Waals surface area contributed by atoms with Crippen molar-refractivity contribution in [3.8, 4) is 10.6 Å². The van der Waals surface area contributed by atoms with Crippen molar-refractivity contribution in [3.63, 3.8) is 0 Å². The zero-order valence-electron chi connectivity index (χ0n) is 20.0. The number of amides is 1. The van der Waals surface area contributed by atoms with Crippen LogP contribution in [0.2, 0.25) is 10.0 Å².